The predicted octanol–water partition coefficient (Wildman–Crippen LogP) is 1.84. The highest BCUT2D eigenvalue weighted by atomic mass is 32.2. The molecular weight excluding hydrogens is 524 g/mol. The van der Waals surface area contributed by atoms with Gasteiger partial charge in [0.15, 0.2) is 23.9 Å². The van der Waals surface area contributed by atoms with Crippen molar-refractivity contribution in [3.63, 3.8) is 0 Å². The van der Waals surface area contributed by atoms with E-state index in [1.165, 1.54) is 46.4 Å². The molecule has 3 amide bonds. The van der Waals surface area contributed by atoms with Crippen LogP contribution in [-0.2, 0) is 19.4 Å². The van der Waals surface area contributed by atoms with E-state index in [1.807, 2.05) is 0 Å². The second-order valence-corrected chi connectivity index (χ2v) is 10.3. The molecule has 38 heavy (non-hydrogen) atoms. The smallest absolute Gasteiger partial charge is 0.288 e. The Bertz CT molecular complexity index is 1400. The Kier molecular flexibility index (Phi) is 8.05. The number of carbonyl (C=O) groups excluding carboxylic acids is 3. The highest BCUT2D eigenvalue weighted by Crippen LogP contribution is 2.19. The Morgan fingerprint density at radius 1 is 0.921 bits per heavy atom. The Morgan fingerprint density at radius 2 is 1.58 bits per heavy atom. The largest absolute Gasteiger partial charge is 0.481 e. The van der Waals surface area contributed by atoms with E-state index in [1.54, 1.807) is 6.07 Å². The molecule has 1 aliphatic heterocycles. The van der Waals surface area contributed by atoms with Gasteiger partial charge in [0.2, 0.25) is 15.2 Å². The first kappa shape index (κ1) is 26.8. The average Bonchev–Trinajstić information content (AvgIpc) is 3.46. The molecule has 3 aromatic rings. The van der Waals surface area contributed by atoms with Gasteiger partial charge in [-0.05, 0) is 48.5 Å². The lowest BCUT2D eigenvalue weighted by molar-refractivity contribution is -0.140. The van der Waals surface area contributed by atoms with Crippen LogP contribution in [0.4, 0.5) is 8.78 Å². The Morgan fingerprint density at radius 3 is 2.21 bits per heavy atom. The zero-order valence-corrected chi connectivity index (χ0v) is 20.7. The molecule has 1 unspecified atom stereocenters. The number of para-hydroxylation sites is 1. The fourth-order valence-corrected chi connectivity index (χ4v) is 5.23. The molecule has 1 aliphatic rings. The van der Waals surface area contributed by atoms with Gasteiger partial charge in [-0.3, -0.25) is 14.4 Å². The minimum absolute atomic E-state index is 0.0314. The van der Waals surface area contributed by atoms with Gasteiger partial charge in [0.1, 0.15) is 5.82 Å². The normalized spacial score (nSPS) is 14.6. The van der Waals surface area contributed by atoms with Gasteiger partial charge in [0.05, 0.1) is 11.2 Å². The summed E-state index contributed by atoms with van der Waals surface area (Å²) >= 11 is 0. The number of carbonyl (C=O) groups is 3. The number of amides is 3. The number of halogens is 2. The molecule has 4 rings (SSSR count). The standard InChI is InChI=1S/C25H23F2N3O7S/c26-17-7-9-18(10-8-17)38(34,35)24(28-23(32)21-6-3-15-36-21)25(33)30-13-11-29(12-14-30)22(31)16-37-20-5-2-1-4-19(20)27/h1-10,15,24H,11-14,16H2,(H,28,32). The maximum absolute atomic E-state index is 13.7. The monoisotopic (exact) mass is 547 g/mol. The van der Waals surface area contributed by atoms with Crippen LogP contribution in [0.25, 0.3) is 0 Å². The van der Waals surface area contributed by atoms with Crippen LogP contribution in [0.15, 0.2) is 76.2 Å². The molecule has 13 heteroatoms. The molecule has 0 saturated carbocycles. The summed E-state index contributed by atoms with van der Waals surface area (Å²) < 4.78 is 64.0. The summed E-state index contributed by atoms with van der Waals surface area (Å²) in [5, 5.41) is 0.176. The number of piperazine rings is 1. The second-order valence-electron chi connectivity index (χ2n) is 8.25. The van der Waals surface area contributed by atoms with E-state index in [4.69, 9.17) is 9.15 Å². The Hall–Kier alpha value is -4.26. The number of ether oxygens (including phenoxy) is 1. The maximum Gasteiger partial charge on any atom is 0.288 e. The van der Waals surface area contributed by atoms with Crippen molar-refractivity contribution in [2.24, 2.45) is 0 Å². The van der Waals surface area contributed by atoms with E-state index in [2.05, 4.69) is 5.32 Å². The number of nitrogens with zero attached hydrogens (tertiary/aromatic N) is 2. The highest BCUT2D eigenvalue weighted by molar-refractivity contribution is 7.92. The molecule has 1 saturated heterocycles. The summed E-state index contributed by atoms with van der Waals surface area (Å²) in [4.78, 5) is 40.7. The topological polar surface area (TPSA) is 126 Å². The van der Waals surface area contributed by atoms with Gasteiger partial charge < -0.3 is 24.3 Å². The lowest BCUT2D eigenvalue weighted by Gasteiger charge is -2.36. The third kappa shape index (κ3) is 5.99. The fraction of sp³-hybridized carbons (Fsp3) is 0.240. The molecule has 0 bridgehead atoms. The van der Waals surface area contributed by atoms with Gasteiger partial charge in [-0.25, -0.2) is 17.2 Å². The number of benzene rings is 2. The van der Waals surface area contributed by atoms with E-state index >= 15 is 0 Å². The highest BCUT2D eigenvalue weighted by Gasteiger charge is 2.40. The molecule has 1 N–H and O–H groups in total. The molecule has 2 aromatic carbocycles. The molecule has 1 aromatic heterocycles. The number of sulfone groups is 1. The first-order valence-corrected chi connectivity index (χ1v) is 13.0. The van der Waals surface area contributed by atoms with Crippen molar-refractivity contribution in [1.82, 2.24) is 15.1 Å². The molecule has 0 aliphatic carbocycles. The summed E-state index contributed by atoms with van der Waals surface area (Å²) in [6, 6.07) is 12.2. The van der Waals surface area contributed by atoms with Gasteiger partial charge in [-0.15, -0.1) is 0 Å². The quantitative estimate of drug-likeness (QED) is 0.427. The second kappa shape index (κ2) is 11.4. The summed E-state index contributed by atoms with van der Waals surface area (Å²) in [7, 11) is -4.49. The van der Waals surface area contributed by atoms with Crippen LogP contribution in [0.5, 0.6) is 5.75 Å². The van der Waals surface area contributed by atoms with Crippen molar-refractivity contribution in [2.75, 3.05) is 32.8 Å². The van der Waals surface area contributed by atoms with Gasteiger partial charge in [0, 0.05) is 26.2 Å². The lowest BCUT2D eigenvalue weighted by Crippen LogP contribution is -2.58. The van der Waals surface area contributed by atoms with Crippen molar-refractivity contribution in [2.45, 2.75) is 10.3 Å². The van der Waals surface area contributed by atoms with Crippen LogP contribution in [0.1, 0.15) is 10.6 Å². The van der Waals surface area contributed by atoms with Gasteiger partial charge in [-0.1, -0.05) is 12.1 Å². The summed E-state index contributed by atoms with van der Waals surface area (Å²) in [5.41, 5.74) is 0. The van der Waals surface area contributed by atoms with Crippen LogP contribution in [0.3, 0.4) is 0 Å². The lowest BCUT2D eigenvalue weighted by atomic mass is 10.3. The van der Waals surface area contributed by atoms with Crippen LogP contribution in [0, 0.1) is 11.6 Å². The van der Waals surface area contributed by atoms with E-state index < -0.39 is 51.2 Å². The van der Waals surface area contributed by atoms with Gasteiger partial charge in [0.25, 0.3) is 17.7 Å². The Labute approximate surface area is 216 Å². The zero-order chi connectivity index (χ0) is 27.3. The first-order valence-electron chi connectivity index (χ1n) is 11.4. The molecule has 200 valence electrons. The van der Waals surface area contributed by atoms with Crippen LogP contribution in [0.2, 0.25) is 0 Å². The van der Waals surface area contributed by atoms with E-state index in [0.717, 1.165) is 24.3 Å². The predicted molar refractivity (Wildman–Crippen MR) is 129 cm³/mol. The molecule has 2 heterocycles. The number of nitrogens with one attached hydrogen (secondary N) is 1. The molecule has 1 atom stereocenters. The SMILES string of the molecule is O=C(NC(C(=O)N1CCN(C(=O)COc2ccccc2F)CC1)S(=O)(=O)c1ccc(F)cc1)c1ccco1. The maximum atomic E-state index is 13.7. The summed E-state index contributed by atoms with van der Waals surface area (Å²) in [6.07, 6.45) is 1.21. The average molecular weight is 548 g/mol. The van der Waals surface area contributed by atoms with Gasteiger partial charge >= 0.3 is 0 Å². The molecule has 0 spiro atoms. The third-order valence-electron chi connectivity index (χ3n) is 5.82. The molecule has 0 radical (unpaired) electrons. The number of furan rings is 1. The molecular formula is C25H23F2N3O7S. The van der Waals surface area contributed by atoms with Crippen LogP contribution < -0.4 is 10.1 Å². The molecule has 10 nitrogen and oxygen atoms in total. The van der Waals surface area contributed by atoms with E-state index in [-0.39, 0.29) is 42.6 Å². The van der Waals surface area contributed by atoms with Crippen molar-refractivity contribution in [3.8, 4) is 5.75 Å². The molecule has 1 fully saturated rings. The van der Waals surface area contributed by atoms with Crippen LogP contribution >= 0.6 is 0 Å². The van der Waals surface area contributed by atoms with Crippen molar-refractivity contribution in [1.29, 1.82) is 0 Å². The van der Waals surface area contributed by atoms with Crippen molar-refractivity contribution < 1.29 is 40.7 Å². The number of rotatable bonds is 8. The van der Waals surface area contributed by atoms with Crippen LogP contribution in [-0.4, -0.2) is 74.1 Å². The minimum Gasteiger partial charge on any atom is -0.481 e. The summed E-state index contributed by atoms with van der Waals surface area (Å²) in [5.74, 6) is -3.87. The van der Waals surface area contributed by atoms with Crippen molar-refractivity contribution in [3.05, 3.63) is 84.3 Å². The van der Waals surface area contributed by atoms with E-state index in [0.29, 0.717) is 0 Å². The fourth-order valence-electron chi connectivity index (χ4n) is 3.76. The minimum atomic E-state index is -4.49. The zero-order valence-electron chi connectivity index (χ0n) is 19.9. The number of hydrogen-bond donors (Lipinski definition) is 1. The first-order chi connectivity index (χ1) is 18.2. The van der Waals surface area contributed by atoms with Gasteiger partial charge in [-0.2, -0.15) is 0 Å². The number of hydrogen-bond acceptors (Lipinski definition) is 7. The Balaban J connectivity index is 1.45. The van der Waals surface area contributed by atoms with Crippen molar-refractivity contribution >= 4 is 27.6 Å². The summed E-state index contributed by atoms with van der Waals surface area (Å²) in [6.45, 7) is -0.371. The van der Waals surface area contributed by atoms with E-state index in [9.17, 15) is 31.6 Å². The third-order valence-corrected chi connectivity index (χ3v) is 7.69.